The summed E-state index contributed by atoms with van der Waals surface area (Å²) in [6, 6.07) is 6.16. The summed E-state index contributed by atoms with van der Waals surface area (Å²) in [6.45, 7) is 9.81. The standard InChI is InChI=1S/C35H49N3O15S/c1-9-47-32(45)24(15-23-13-11-10-12-14-23)38-31(44)25(37-27(43)16-36-34(46)53-35(6,7)8)18-54-33-30(51-22(5)42)29(50-21(4)41)28(49-20(3)40)26(52-33)17-48-19(2)39/h10-14,24-26,28-30,33H,9,15-18H2,1-8H3,(H,36,46)(H,37,43)(H,38,44)/t24-,25-,26+,28-,29-,30+,33+/m0/s1. The summed E-state index contributed by atoms with van der Waals surface area (Å²) in [7, 11) is 0. The van der Waals surface area contributed by atoms with E-state index in [-0.39, 0.29) is 18.8 Å². The van der Waals surface area contributed by atoms with Gasteiger partial charge >= 0.3 is 35.9 Å². The molecule has 54 heavy (non-hydrogen) atoms. The van der Waals surface area contributed by atoms with Crippen molar-refractivity contribution in [3.05, 3.63) is 35.9 Å². The van der Waals surface area contributed by atoms with Gasteiger partial charge in [0, 0.05) is 39.9 Å². The van der Waals surface area contributed by atoms with Gasteiger partial charge in [-0.15, -0.1) is 11.8 Å². The van der Waals surface area contributed by atoms with E-state index in [1.807, 2.05) is 0 Å². The molecule has 19 heteroatoms. The number of nitrogens with one attached hydrogen (secondary N) is 3. The number of carbonyl (C=O) groups excluding carboxylic acids is 8. The fourth-order valence-electron chi connectivity index (χ4n) is 4.97. The van der Waals surface area contributed by atoms with Crippen molar-refractivity contribution in [3.8, 4) is 0 Å². The molecule has 0 saturated carbocycles. The minimum absolute atomic E-state index is 0.0231. The Morgan fingerprint density at radius 2 is 1.37 bits per heavy atom. The lowest BCUT2D eigenvalue weighted by Gasteiger charge is -2.44. The van der Waals surface area contributed by atoms with E-state index < -0.39 is 108 Å². The molecule has 0 unspecified atom stereocenters. The number of alkyl carbamates (subject to hydrolysis) is 1. The molecule has 1 heterocycles. The predicted octanol–water partition coefficient (Wildman–Crippen LogP) is 1.10. The highest BCUT2D eigenvalue weighted by Gasteiger charge is 2.52. The van der Waals surface area contributed by atoms with Crippen LogP contribution in [-0.2, 0) is 73.1 Å². The van der Waals surface area contributed by atoms with Crippen molar-refractivity contribution in [1.82, 2.24) is 16.0 Å². The topological polar surface area (TPSA) is 237 Å². The van der Waals surface area contributed by atoms with E-state index in [9.17, 15) is 38.4 Å². The second kappa shape index (κ2) is 21.7. The van der Waals surface area contributed by atoms with Crippen molar-refractivity contribution in [2.24, 2.45) is 0 Å². The summed E-state index contributed by atoms with van der Waals surface area (Å²) in [5, 5.41) is 7.44. The number of hydrogen-bond donors (Lipinski definition) is 3. The first kappa shape index (κ1) is 45.2. The Kier molecular flexibility index (Phi) is 18.2. The molecule has 0 spiro atoms. The first-order chi connectivity index (χ1) is 25.3. The van der Waals surface area contributed by atoms with Crippen molar-refractivity contribution in [1.29, 1.82) is 0 Å². The van der Waals surface area contributed by atoms with Crippen LogP contribution in [0.4, 0.5) is 4.79 Å². The zero-order chi connectivity index (χ0) is 40.6. The van der Waals surface area contributed by atoms with Gasteiger partial charge in [-0.1, -0.05) is 30.3 Å². The molecule has 300 valence electrons. The van der Waals surface area contributed by atoms with Gasteiger partial charge in [0.25, 0.3) is 0 Å². The van der Waals surface area contributed by atoms with Gasteiger partial charge in [0.15, 0.2) is 18.3 Å². The zero-order valence-corrected chi connectivity index (χ0v) is 32.3. The number of carbonyl (C=O) groups is 8. The SMILES string of the molecule is CCOC(=O)[C@H](Cc1ccccc1)NC(=O)[C@H](CS[C@H]1O[C@H](COC(C)=O)[C@H](OC(C)=O)[C@H](OC(C)=O)[C@H]1OC(C)=O)NC(=O)CNC(=O)OC(C)(C)C. The normalized spacial score (nSPS) is 20.5. The van der Waals surface area contributed by atoms with E-state index in [0.717, 1.165) is 39.5 Å². The Morgan fingerprint density at radius 1 is 0.778 bits per heavy atom. The lowest BCUT2D eigenvalue weighted by atomic mass is 9.99. The fraction of sp³-hybridized carbons (Fsp3) is 0.600. The molecule has 18 nitrogen and oxygen atoms in total. The van der Waals surface area contributed by atoms with Crippen LogP contribution < -0.4 is 16.0 Å². The second-order valence-electron chi connectivity index (χ2n) is 12.9. The van der Waals surface area contributed by atoms with Gasteiger partial charge in [-0.25, -0.2) is 9.59 Å². The molecule has 3 N–H and O–H groups in total. The minimum atomic E-state index is -1.47. The van der Waals surface area contributed by atoms with Crippen LogP contribution in [0.1, 0.15) is 61.0 Å². The first-order valence-corrected chi connectivity index (χ1v) is 18.0. The van der Waals surface area contributed by atoms with Crippen LogP contribution in [0.15, 0.2) is 30.3 Å². The molecule has 2 rings (SSSR count). The van der Waals surface area contributed by atoms with Gasteiger partial charge in [-0.05, 0) is 33.3 Å². The maximum absolute atomic E-state index is 13.9. The summed E-state index contributed by atoms with van der Waals surface area (Å²) in [4.78, 5) is 101. The number of esters is 5. The van der Waals surface area contributed by atoms with Crippen LogP contribution in [0.3, 0.4) is 0 Å². The quantitative estimate of drug-likeness (QED) is 0.148. The molecule has 0 radical (unpaired) electrons. The molecular weight excluding hydrogens is 734 g/mol. The summed E-state index contributed by atoms with van der Waals surface area (Å²) < 4.78 is 38.0. The van der Waals surface area contributed by atoms with E-state index in [1.54, 1.807) is 58.0 Å². The Hall–Kier alpha value is -4.91. The summed E-state index contributed by atoms with van der Waals surface area (Å²) >= 11 is 0.822. The predicted molar refractivity (Wildman–Crippen MR) is 189 cm³/mol. The third kappa shape index (κ3) is 16.4. The Balaban J connectivity index is 2.48. The maximum atomic E-state index is 13.9. The summed E-state index contributed by atoms with van der Waals surface area (Å²) in [5.74, 6) is -5.92. The van der Waals surface area contributed by atoms with Crippen LogP contribution >= 0.6 is 11.8 Å². The highest BCUT2D eigenvalue weighted by molar-refractivity contribution is 7.99. The monoisotopic (exact) mass is 783 g/mol. The van der Waals surface area contributed by atoms with Crippen LogP contribution in [0, 0.1) is 0 Å². The van der Waals surface area contributed by atoms with Crippen LogP contribution in [0.25, 0.3) is 0 Å². The molecule has 7 atom stereocenters. The zero-order valence-electron chi connectivity index (χ0n) is 31.5. The molecule has 1 aromatic carbocycles. The summed E-state index contributed by atoms with van der Waals surface area (Å²) in [5.41, 5.74) is -1.45. The average Bonchev–Trinajstić information content (AvgIpc) is 3.06. The number of hydrogen-bond acceptors (Lipinski definition) is 16. The number of rotatable bonds is 17. The minimum Gasteiger partial charge on any atom is -0.464 e. The van der Waals surface area contributed by atoms with Crippen molar-refractivity contribution >= 4 is 59.5 Å². The van der Waals surface area contributed by atoms with E-state index in [0.29, 0.717) is 5.56 Å². The second-order valence-corrected chi connectivity index (χ2v) is 14.0. The average molecular weight is 784 g/mol. The first-order valence-electron chi connectivity index (χ1n) is 17.0. The third-order valence-corrected chi connectivity index (χ3v) is 8.22. The highest BCUT2D eigenvalue weighted by Crippen LogP contribution is 2.34. The molecule has 0 aromatic heterocycles. The van der Waals surface area contributed by atoms with E-state index in [1.165, 1.54) is 0 Å². The number of ether oxygens (including phenoxy) is 7. The van der Waals surface area contributed by atoms with E-state index in [4.69, 9.17) is 33.2 Å². The number of amides is 3. The molecule has 1 fully saturated rings. The van der Waals surface area contributed by atoms with Gasteiger partial charge in [0.05, 0.1) is 6.61 Å². The lowest BCUT2D eigenvalue weighted by molar-refractivity contribution is -0.237. The Bertz CT molecular complexity index is 1490. The molecule has 0 bridgehead atoms. The summed E-state index contributed by atoms with van der Waals surface area (Å²) in [6.07, 6.45) is -6.44. The highest BCUT2D eigenvalue weighted by atomic mass is 32.2. The molecule has 1 aromatic rings. The smallest absolute Gasteiger partial charge is 0.408 e. The van der Waals surface area contributed by atoms with Crippen LogP contribution in [0.5, 0.6) is 0 Å². The van der Waals surface area contributed by atoms with Crippen molar-refractivity contribution in [2.45, 2.75) is 109 Å². The molecule has 0 aliphatic carbocycles. The molecule has 3 amide bonds. The van der Waals surface area contributed by atoms with Crippen LogP contribution in [0.2, 0.25) is 0 Å². The number of thioether (sulfide) groups is 1. The molecule has 1 aliphatic rings. The fourth-order valence-corrected chi connectivity index (χ4v) is 6.21. The molecule has 1 saturated heterocycles. The van der Waals surface area contributed by atoms with Crippen molar-refractivity contribution in [2.75, 3.05) is 25.5 Å². The molecule has 1 aliphatic heterocycles. The Morgan fingerprint density at radius 3 is 1.93 bits per heavy atom. The van der Waals surface area contributed by atoms with Crippen LogP contribution in [-0.4, -0.2) is 121 Å². The maximum Gasteiger partial charge on any atom is 0.408 e. The van der Waals surface area contributed by atoms with E-state index in [2.05, 4.69) is 16.0 Å². The lowest BCUT2D eigenvalue weighted by Crippen LogP contribution is -2.62. The van der Waals surface area contributed by atoms with Gasteiger partial charge < -0.3 is 49.1 Å². The largest absolute Gasteiger partial charge is 0.464 e. The number of benzene rings is 1. The Labute approximate surface area is 317 Å². The van der Waals surface area contributed by atoms with Gasteiger partial charge in [-0.3, -0.25) is 28.8 Å². The van der Waals surface area contributed by atoms with Crippen molar-refractivity contribution in [3.63, 3.8) is 0 Å². The third-order valence-electron chi connectivity index (χ3n) is 6.99. The van der Waals surface area contributed by atoms with Gasteiger partial charge in [0.2, 0.25) is 11.8 Å². The van der Waals surface area contributed by atoms with Gasteiger partial charge in [0.1, 0.15) is 42.4 Å². The van der Waals surface area contributed by atoms with E-state index >= 15 is 0 Å². The van der Waals surface area contributed by atoms with Gasteiger partial charge in [-0.2, -0.15) is 0 Å². The molecular formula is C35H49N3O15S. The van der Waals surface area contributed by atoms with Crippen molar-refractivity contribution < 1.29 is 71.5 Å².